The minimum absolute atomic E-state index is 0.0125. The number of aromatic nitrogens is 1. The van der Waals surface area contributed by atoms with Crippen molar-refractivity contribution in [2.24, 2.45) is 0 Å². The van der Waals surface area contributed by atoms with E-state index in [-0.39, 0.29) is 5.91 Å². The van der Waals surface area contributed by atoms with Gasteiger partial charge in [-0.1, -0.05) is 6.07 Å². The summed E-state index contributed by atoms with van der Waals surface area (Å²) in [4.78, 5) is 18.4. The van der Waals surface area contributed by atoms with Crippen LogP contribution in [0.4, 0.5) is 11.4 Å². The second-order valence-corrected chi connectivity index (χ2v) is 4.94. The molecule has 20 heavy (non-hydrogen) atoms. The summed E-state index contributed by atoms with van der Waals surface area (Å²) in [6.45, 7) is 0.975. The minimum Gasteiger partial charge on any atom is -0.385 e. The molecule has 0 bridgehead atoms. The van der Waals surface area contributed by atoms with E-state index in [1.54, 1.807) is 24.3 Å². The van der Waals surface area contributed by atoms with Crippen molar-refractivity contribution in [3.63, 3.8) is 0 Å². The maximum absolute atomic E-state index is 12.7. The molecule has 2 aromatic rings. The number of rotatable bonds is 2. The molecule has 1 aliphatic rings. The molecule has 0 saturated heterocycles. The molecule has 0 radical (unpaired) electrons. The number of fused-ring (bicyclic) bond motifs is 1. The van der Waals surface area contributed by atoms with Crippen molar-refractivity contribution >= 4 is 17.3 Å². The molecular weight excluding hydrogens is 250 g/mol. The van der Waals surface area contributed by atoms with E-state index in [0.29, 0.717) is 0 Å². The highest BCUT2D eigenvalue weighted by atomic mass is 16.2. The first-order valence-corrected chi connectivity index (χ1v) is 6.81. The Bertz CT molecular complexity index is 625. The van der Waals surface area contributed by atoms with E-state index in [4.69, 9.17) is 0 Å². The van der Waals surface area contributed by atoms with Gasteiger partial charge < -0.3 is 10.2 Å². The van der Waals surface area contributed by atoms with Gasteiger partial charge in [0.05, 0.1) is 11.9 Å². The van der Waals surface area contributed by atoms with Gasteiger partial charge in [0, 0.05) is 31.0 Å². The van der Waals surface area contributed by atoms with E-state index in [9.17, 15) is 4.79 Å². The van der Waals surface area contributed by atoms with E-state index in [0.717, 1.165) is 41.9 Å². The lowest BCUT2D eigenvalue weighted by Crippen LogP contribution is -2.28. The Hall–Kier alpha value is -2.36. The molecule has 0 spiro atoms. The van der Waals surface area contributed by atoms with Gasteiger partial charge in [-0.2, -0.15) is 0 Å². The molecule has 1 aliphatic heterocycles. The van der Waals surface area contributed by atoms with Crippen molar-refractivity contribution in [1.82, 2.24) is 4.98 Å². The van der Waals surface area contributed by atoms with Crippen LogP contribution in [0.3, 0.4) is 0 Å². The molecule has 2 heterocycles. The van der Waals surface area contributed by atoms with E-state index >= 15 is 0 Å². The molecular formula is C16H17N3O. The predicted octanol–water partition coefficient (Wildman–Crippen LogP) is 2.72. The molecule has 1 aromatic heterocycles. The molecule has 0 atom stereocenters. The number of hydrogen-bond acceptors (Lipinski definition) is 3. The average molecular weight is 267 g/mol. The summed E-state index contributed by atoms with van der Waals surface area (Å²) in [5.74, 6) is 0.0125. The molecule has 1 aromatic carbocycles. The van der Waals surface area contributed by atoms with Gasteiger partial charge in [0.1, 0.15) is 0 Å². The molecule has 102 valence electrons. The standard InChI is InChI=1S/C16H17N3O/c1-19(12-5-3-9-17-11-12)16(20)14-6-2-8-15-13(14)7-4-10-18-15/h2-3,5-6,8-9,11,18H,4,7,10H2,1H3. The largest absolute Gasteiger partial charge is 0.385 e. The fourth-order valence-electron chi connectivity index (χ4n) is 2.56. The van der Waals surface area contributed by atoms with Crippen LogP contribution < -0.4 is 10.2 Å². The summed E-state index contributed by atoms with van der Waals surface area (Å²) >= 11 is 0. The van der Waals surface area contributed by atoms with Crippen LogP contribution in [0.25, 0.3) is 0 Å². The van der Waals surface area contributed by atoms with Crippen LogP contribution in [-0.2, 0) is 6.42 Å². The molecule has 4 heteroatoms. The summed E-state index contributed by atoms with van der Waals surface area (Å²) in [5, 5.41) is 3.35. The summed E-state index contributed by atoms with van der Waals surface area (Å²) in [6.07, 6.45) is 5.42. The fourth-order valence-corrected chi connectivity index (χ4v) is 2.56. The molecule has 1 amide bonds. The van der Waals surface area contributed by atoms with Gasteiger partial charge in [0.2, 0.25) is 0 Å². The van der Waals surface area contributed by atoms with Crippen molar-refractivity contribution in [2.75, 3.05) is 23.8 Å². The quantitative estimate of drug-likeness (QED) is 0.910. The summed E-state index contributed by atoms with van der Waals surface area (Å²) in [6, 6.07) is 9.59. The highest BCUT2D eigenvalue weighted by Gasteiger charge is 2.20. The fraction of sp³-hybridized carbons (Fsp3) is 0.250. The number of hydrogen-bond donors (Lipinski definition) is 1. The Balaban J connectivity index is 1.95. The zero-order valence-electron chi connectivity index (χ0n) is 11.5. The highest BCUT2D eigenvalue weighted by Crippen LogP contribution is 2.27. The molecule has 0 unspecified atom stereocenters. The van der Waals surface area contributed by atoms with Gasteiger partial charge in [-0.15, -0.1) is 0 Å². The summed E-state index contributed by atoms with van der Waals surface area (Å²) < 4.78 is 0. The van der Waals surface area contributed by atoms with Crippen LogP contribution in [0.5, 0.6) is 0 Å². The Morgan fingerprint density at radius 3 is 3.00 bits per heavy atom. The van der Waals surface area contributed by atoms with Crippen molar-refractivity contribution in [1.29, 1.82) is 0 Å². The number of anilines is 2. The van der Waals surface area contributed by atoms with Crippen LogP contribution in [0, 0.1) is 0 Å². The van der Waals surface area contributed by atoms with Gasteiger partial charge >= 0.3 is 0 Å². The molecule has 1 N–H and O–H groups in total. The van der Waals surface area contributed by atoms with Crippen molar-refractivity contribution in [2.45, 2.75) is 12.8 Å². The van der Waals surface area contributed by atoms with Crippen molar-refractivity contribution in [3.05, 3.63) is 53.9 Å². The third-order valence-electron chi connectivity index (χ3n) is 3.66. The van der Waals surface area contributed by atoms with Crippen molar-refractivity contribution < 1.29 is 4.79 Å². The van der Waals surface area contributed by atoms with Gasteiger partial charge in [0.25, 0.3) is 5.91 Å². The number of carbonyl (C=O) groups is 1. The SMILES string of the molecule is CN(C(=O)c1cccc2c1CCCN2)c1cccnc1. The van der Waals surface area contributed by atoms with Gasteiger partial charge in [-0.3, -0.25) is 9.78 Å². The average Bonchev–Trinajstić information content (AvgIpc) is 2.54. The number of benzene rings is 1. The van der Waals surface area contributed by atoms with Crippen LogP contribution in [0.15, 0.2) is 42.7 Å². The second-order valence-electron chi connectivity index (χ2n) is 4.94. The highest BCUT2D eigenvalue weighted by molar-refractivity contribution is 6.07. The maximum atomic E-state index is 12.7. The summed E-state index contributed by atoms with van der Waals surface area (Å²) in [5.41, 5.74) is 3.79. The molecule has 0 aliphatic carbocycles. The van der Waals surface area contributed by atoms with Gasteiger partial charge in [0.15, 0.2) is 0 Å². The molecule has 3 rings (SSSR count). The van der Waals surface area contributed by atoms with E-state index in [1.165, 1.54) is 0 Å². The first-order chi connectivity index (χ1) is 9.77. The van der Waals surface area contributed by atoms with Gasteiger partial charge in [-0.25, -0.2) is 0 Å². The summed E-state index contributed by atoms with van der Waals surface area (Å²) in [7, 11) is 1.79. The Labute approximate surface area is 118 Å². The minimum atomic E-state index is 0.0125. The van der Waals surface area contributed by atoms with Gasteiger partial charge in [-0.05, 0) is 42.7 Å². The smallest absolute Gasteiger partial charge is 0.258 e. The van der Waals surface area contributed by atoms with E-state index in [2.05, 4.69) is 10.3 Å². The zero-order chi connectivity index (χ0) is 13.9. The predicted molar refractivity (Wildman–Crippen MR) is 80.2 cm³/mol. The van der Waals surface area contributed by atoms with Crippen LogP contribution >= 0.6 is 0 Å². The van der Waals surface area contributed by atoms with E-state index < -0.39 is 0 Å². The molecule has 0 fully saturated rings. The number of amides is 1. The molecule has 0 saturated carbocycles. The van der Waals surface area contributed by atoms with Crippen LogP contribution in [0.1, 0.15) is 22.3 Å². The number of nitrogens with one attached hydrogen (secondary N) is 1. The Kier molecular flexibility index (Phi) is 3.37. The second kappa shape index (κ2) is 5.33. The third-order valence-corrected chi connectivity index (χ3v) is 3.66. The first-order valence-electron chi connectivity index (χ1n) is 6.81. The number of nitrogens with zero attached hydrogens (tertiary/aromatic N) is 2. The Morgan fingerprint density at radius 1 is 1.30 bits per heavy atom. The molecule has 4 nitrogen and oxygen atoms in total. The number of carbonyl (C=O) groups excluding carboxylic acids is 1. The lowest BCUT2D eigenvalue weighted by atomic mass is 9.97. The zero-order valence-corrected chi connectivity index (χ0v) is 11.5. The van der Waals surface area contributed by atoms with Crippen LogP contribution in [0.2, 0.25) is 0 Å². The normalized spacial score (nSPS) is 13.2. The number of pyridine rings is 1. The first kappa shape index (κ1) is 12.7. The lowest BCUT2D eigenvalue weighted by molar-refractivity contribution is 0.0992. The lowest BCUT2D eigenvalue weighted by Gasteiger charge is -2.23. The van der Waals surface area contributed by atoms with Crippen LogP contribution in [-0.4, -0.2) is 24.5 Å². The monoisotopic (exact) mass is 267 g/mol. The van der Waals surface area contributed by atoms with Crippen molar-refractivity contribution in [3.8, 4) is 0 Å². The topological polar surface area (TPSA) is 45.2 Å². The van der Waals surface area contributed by atoms with E-state index in [1.807, 2.05) is 30.3 Å². The third kappa shape index (κ3) is 2.25. The maximum Gasteiger partial charge on any atom is 0.258 e. The Morgan fingerprint density at radius 2 is 2.20 bits per heavy atom.